The molecular weight excluding hydrogens is 386 g/mol. The van der Waals surface area contributed by atoms with Crippen LogP contribution in [0.3, 0.4) is 0 Å². The standard InChI is InChI=1S/C18H19N3O4S2/c1-10-5-7-14(8-6-10)27(24,25)20-15(22)9-21-13(4)19-17-16(18(21)23)11(2)12(3)26-17/h5-8H,9H2,1-4H3,(H,20,22). The van der Waals surface area contributed by atoms with Crippen LogP contribution in [0.4, 0.5) is 0 Å². The Kier molecular flexibility index (Phi) is 4.92. The van der Waals surface area contributed by atoms with Gasteiger partial charge in [-0.3, -0.25) is 14.2 Å². The van der Waals surface area contributed by atoms with Crippen LogP contribution in [0.2, 0.25) is 0 Å². The van der Waals surface area contributed by atoms with E-state index < -0.39 is 22.5 Å². The number of sulfonamides is 1. The molecule has 0 aliphatic carbocycles. The van der Waals surface area contributed by atoms with Crippen LogP contribution < -0.4 is 10.3 Å². The molecule has 0 atom stereocenters. The molecule has 1 amide bonds. The second kappa shape index (κ2) is 6.90. The van der Waals surface area contributed by atoms with E-state index in [4.69, 9.17) is 0 Å². The molecule has 0 radical (unpaired) electrons. The van der Waals surface area contributed by atoms with Gasteiger partial charge < -0.3 is 0 Å². The maximum Gasteiger partial charge on any atom is 0.264 e. The van der Waals surface area contributed by atoms with Gasteiger partial charge in [-0.05, 0) is 45.4 Å². The number of carbonyl (C=O) groups excluding carboxylic acids is 1. The Labute approximate surface area is 160 Å². The molecule has 0 aliphatic heterocycles. The molecule has 0 saturated carbocycles. The highest BCUT2D eigenvalue weighted by Crippen LogP contribution is 2.26. The molecule has 27 heavy (non-hydrogen) atoms. The molecule has 0 bridgehead atoms. The van der Waals surface area contributed by atoms with Crippen LogP contribution in [0.15, 0.2) is 34.0 Å². The summed E-state index contributed by atoms with van der Waals surface area (Å²) in [6.45, 7) is 6.77. The third-order valence-electron chi connectivity index (χ3n) is 4.36. The van der Waals surface area contributed by atoms with E-state index in [9.17, 15) is 18.0 Å². The topological polar surface area (TPSA) is 98.1 Å². The molecule has 1 N–H and O–H groups in total. The predicted octanol–water partition coefficient (Wildman–Crippen LogP) is 2.20. The van der Waals surface area contributed by atoms with E-state index in [-0.39, 0.29) is 10.5 Å². The zero-order valence-electron chi connectivity index (χ0n) is 15.4. The van der Waals surface area contributed by atoms with E-state index in [1.807, 2.05) is 25.5 Å². The number of benzene rings is 1. The van der Waals surface area contributed by atoms with Crippen LogP contribution in [0.5, 0.6) is 0 Å². The Bertz CT molecular complexity index is 1210. The minimum absolute atomic E-state index is 0.0107. The average molecular weight is 406 g/mol. The molecule has 9 heteroatoms. The van der Waals surface area contributed by atoms with E-state index in [0.717, 1.165) is 16.0 Å². The molecule has 3 rings (SSSR count). The fourth-order valence-corrected chi connectivity index (χ4v) is 4.76. The first kappa shape index (κ1) is 19.2. The smallest absolute Gasteiger partial charge is 0.264 e. The Morgan fingerprint density at radius 2 is 1.78 bits per heavy atom. The lowest BCUT2D eigenvalue weighted by atomic mass is 10.2. The van der Waals surface area contributed by atoms with Crippen LogP contribution in [0, 0.1) is 27.7 Å². The zero-order valence-corrected chi connectivity index (χ0v) is 17.0. The fraction of sp³-hybridized carbons (Fsp3) is 0.278. The summed E-state index contributed by atoms with van der Waals surface area (Å²) < 4.78 is 27.9. The summed E-state index contributed by atoms with van der Waals surface area (Å²) in [6.07, 6.45) is 0. The van der Waals surface area contributed by atoms with Gasteiger partial charge in [-0.2, -0.15) is 0 Å². The minimum Gasteiger partial charge on any atom is -0.287 e. The van der Waals surface area contributed by atoms with Crippen molar-refractivity contribution in [2.24, 2.45) is 0 Å². The first-order valence-corrected chi connectivity index (χ1v) is 10.5. The number of nitrogens with zero attached hydrogens (tertiary/aromatic N) is 2. The van der Waals surface area contributed by atoms with Gasteiger partial charge in [0.25, 0.3) is 21.5 Å². The molecule has 7 nitrogen and oxygen atoms in total. The van der Waals surface area contributed by atoms with Crippen LogP contribution in [0.25, 0.3) is 10.2 Å². The van der Waals surface area contributed by atoms with Crippen LogP contribution in [-0.2, 0) is 21.4 Å². The summed E-state index contributed by atoms with van der Waals surface area (Å²) in [5.41, 5.74) is 1.39. The molecule has 0 saturated heterocycles. The van der Waals surface area contributed by atoms with Gasteiger partial charge in [0.1, 0.15) is 17.2 Å². The van der Waals surface area contributed by atoms with Gasteiger partial charge in [0.05, 0.1) is 10.3 Å². The van der Waals surface area contributed by atoms with Crippen molar-refractivity contribution in [2.45, 2.75) is 39.1 Å². The van der Waals surface area contributed by atoms with Gasteiger partial charge in [-0.15, -0.1) is 11.3 Å². The monoisotopic (exact) mass is 405 g/mol. The predicted molar refractivity (Wildman–Crippen MR) is 105 cm³/mol. The van der Waals surface area contributed by atoms with E-state index >= 15 is 0 Å². The Morgan fingerprint density at radius 1 is 1.15 bits per heavy atom. The number of hydrogen-bond acceptors (Lipinski definition) is 6. The van der Waals surface area contributed by atoms with Crippen molar-refractivity contribution in [1.29, 1.82) is 0 Å². The highest BCUT2D eigenvalue weighted by Gasteiger charge is 2.20. The van der Waals surface area contributed by atoms with E-state index in [2.05, 4.69) is 4.98 Å². The summed E-state index contributed by atoms with van der Waals surface area (Å²) in [6, 6.07) is 6.14. The number of thiophene rings is 1. The third kappa shape index (κ3) is 3.65. The second-order valence-electron chi connectivity index (χ2n) is 6.36. The SMILES string of the molecule is Cc1ccc(S(=O)(=O)NC(=O)Cn2c(C)nc3sc(C)c(C)c3c2=O)cc1. The molecule has 3 aromatic rings. The van der Waals surface area contributed by atoms with E-state index in [0.29, 0.717) is 16.0 Å². The number of carbonyl (C=O) groups is 1. The number of aromatic nitrogens is 2. The number of amides is 1. The van der Waals surface area contributed by atoms with Crippen molar-refractivity contribution in [3.8, 4) is 0 Å². The van der Waals surface area contributed by atoms with Crippen molar-refractivity contribution < 1.29 is 13.2 Å². The summed E-state index contributed by atoms with van der Waals surface area (Å²) in [5, 5.41) is 0.470. The molecule has 2 aromatic heterocycles. The van der Waals surface area contributed by atoms with Gasteiger partial charge in [-0.25, -0.2) is 18.1 Å². The molecular formula is C18H19N3O4S2. The van der Waals surface area contributed by atoms with Crippen molar-refractivity contribution in [2.75, 3.05) is 0 Å². The van der Waals surface area contributed by atoms with E-state index in [1.54, 1.807) is 19.1 Å². The molecule has 0 unspecified atom stereocenters. The number of fused-ring (bicyclic) bond motifs is 1. The van der Waals surface area contributed by atoms with Gasteiger partial charge in [0.15, 0.2) is 0 Å². The molecule has 2 heterocycles. The average Bonchev–Trinajstić information content (AvgIpc) is 2.85. The number of rotatable bonds is 4. The van der Waals surface area contributed by atoms with Gasteiger partial charge in [-0.1, -0.05) is 17.7 Å². The normalized spacial score (nSPS) is 11.7. The summed E-state index contributed by atoms with van der Waals surface area (Å²) in [5.74, 6) is -0.442. The lowest BCUT2D eigenvalue weighted by Crippen LogP contribution is -2.37. The fourth-order valence-electron chi connectivity index (χ4n) is 2.72. The lowest BCUT2D eigenvalue weighted by molar-refractivity contribution is -0.120. The van der Waals surface area contributed by atoms with Crippen LogP contribution in [0.1, 0.15) is 21.8 Å². The Hall–Kier alpha value is -2.52. The van der Waals surface area contributed by atoms with Gasteiger partial charge in [0.2, 0.25) is 0 Å². The molecule has 0 fully saturated rings. The largest absolute Gasteiger partial charge is 0.287 e. The highest BCUT2D eigenvalue weighted by atomic mass is 32.2. The number of nitrogens with one attached hydrogen (secondary N) is 1. The summed E-state index contributed by atoms with van der Waals surface area (Å²) in [7, 11) is -4.00. The number of aryl methyl sites for hydroxylation is 4. The zero-order chi connectivity index (χ0) is 19.9. The first-order chi connectivity index (χ1) is 12.6. The molecule has 0 spiro atoms. The molecule has 142 valence electrons. The lowest BCUT2D eigenvalue weighted by Gasteiger charge is -2.11. The quantitative estimate of drug-likeness (QED) is 0.717. The van der Waals surface area contributed by atoms with Gasteiger partial charge >= 0.3 is 0 Å². The van der Waals surface area contributed by atoms with Crippen molar-refractivity contribution in [3.05, 3.63) is 56.4 Å². The van der Waals surface area contributed by atoms with Crippen LogP contribution in [-0.4, -0.2) is 23.9 Å². The maximum absolute atomic E-state index is 12.8. The summed E-state index contributed by atoms with van der Waals surface area (Å²) in [4.78, 5) is 31.1. The second-order valence-corrected chi connectivity index (χ2v) is 9.24. The Balaban J connectivity index is 1.91. The van der Waals surface area contributed by atoms with Crippen molar-refractivity contribution in [1.82, 2.24) is 14.3 Å². The summed E-state index contributed by atoms with van der Waals surface area (Å²) >= 11 is 1.42. The van der Waals surface area contributed by atoms with Crippen molar-refractivity contribution >= 4 is 37.5 Å². The molecule has 0 aliphatic rings. The highest BCUT2D eigenvalue weighted by molar-refractivity contribution is 7.90. The van der Waals surface area contributed by atoms with Crippen molar-refractivity contribution in [3.63, 3.8) is 0 Å². The van der Waals surface area contributed by atoms with Crippen LogP contribution >= 0.6 is 11.3 Å². The number of hydrogen-bond donors (Lipinski definition) is 1. The van der Waals surface area contributed by atoms with Gasteiger partial charge in [0, 0.05) is 4.88 Å². The maximum atomic E-state index is 12.8. The molecule has 1 aromatic carbocycles. The Morgan fingerprint density at radius 3 is 2.41 bits per heavy atom. The first-order valence-electron chi connectivity index (χ1n) is 8.19. The third-order valence-corrected chi connectivity index (χ3v) is 6.85. The minimum atomic E-state index is -4.00. The van der Waals surface area contributed by atoms with E-state index in [1.165, 1.54) is 28.0 Å².